The maximum atomic E-state index is 5.74. The van der Waals surface area contributed by atoms with Gasteiger partial charge in [-0.2, -0.15) is 0 Å². The van der Waals surface area contributed by atoms with Gasteiger partial charge in [0.05, 0.1) is 12.3 Å². The Hall–Kier alpha value is -1.83. The van der Waals surface area contributed by atoms with E-state index in [2.05, 4.69) is 36.2 Å². The molecule has 0 unspecified atom stereocenters. The van der Waals surface area contributed by atoms with Crippen LogP contribution in [-0.4, -0.2) is 11.6 Å². The number of benzene rings is 1. The molecule has 1 heterocycles. The number of pyridine rings is 1. The maximum Gasteiger partial charge on any atom is 0.119 e. The summed E-state index contributed by atoms with van der Waals surface area (Å²) in [6.45, 7) is 5.08. The van der Waals surface area contributed by atoms with Gasteiger partial charge >= 0.3 is 0 Å². The normalized spacial score (nSPS) is 10.5. The number of hydrogen-bond donors (Lipinski definition) is 0. The molecule has 106 valence electrons. The largest absolute Gasteiger partial charge is 0.494 e. The Bertz CT molecular complexity index is 502. The molecule has 0 saturated carbocycles. The van der Waals surface area contributed by atoms with E-state index in [0.717, 1.165) is 30.0 Å². The highest BCUT2D eigenvalue weighted by Gasteiger charge is 2.00. The molecule has 20 heavy (non-hydrogen) atoms. The van der Waals surface area contributed by atoms with Crippen molar-refractivity contribution in [3.8, 4) is 17.0 Å². The molecule has 0 N–H and O–H groups in total. The van der Waals surface area contributed by atoms with Crippen LogP contribution in [0.5, 0.6) is 5.75 Å². The molecule has 2 aromatic rings. The van der Waals surface area contributed by atoms with Crippen molar-refractivity contribution >= 4 is 0 Å². The van der Waals surface area contributed by atoms with Gasteiger partial charge in [-0.3, -0.25) is 4.98 Å². The van der Waals surface area contributed by atoms with Crippen molar-refractivity contribution in [2.45, 2.75) is 39.5 Å². The molecule has 0 fully saturated rings. The second kappa shape index (κ2) is 7.68. The van der Waals surface area contributed by atoms with Gasteiger partial charge < -0.3 is 4.74 Å². The standard InChI is InChI=1S/C18H23NO/c1-3-4-5-6-13-20-17-10-8-16(9-11-17)18-12-7-15(2)14-19-18/h7-12,14H,3-6,13H2,1-2H3. The van der Waals surface area contributed by atoms with Crippen LogP contribution in [0.3, 0.4) is 0 Å². The first-order valence-electron chi connectivity index (χ1n) is 7.45. The van der Waals surface area contributed by atoms with Crippen LogP contribution in [0.1, 0.15) is 38.2 Å². The van der Waals surface area contributed by atoms with Crippen molar-refractivity contribution in [1.82, 2.24) is 4.98 Å². The molecule has 0 saturated heterocycles. The van der Waals surface area contributed by atoms with Crippen molar-refractivity contribution < 1.29 is 4.74 Å². The SMILES string of the molecule is CCCCCCOc1ccc(-c2ccc(C)cn2)cc1. The van der Waals surface area contributed by atoms with Crippen LogP contribution in [0.25, 0.3) is 11.3 Å². The minimum absolute atomic E-state index is 0.808. The third-order valence-electron chi connectivity index (χ3n) is 3.33. The summed E-state index contributed by atoms with van der Waals surface area (Å²) in [7, 11) is 0. The zero-order valence-corrected chi connectivity index (χ0v) is 12.4. The van der Waals surface area contributed by atoms with Gasteiger partial charge in [0.15, 0.2) is 0 Å². The van der Waals surface area contributed by atoms with Crippen LogP contribution < -0.4 is 4.74 Å². The monoisotopic (exact) mass is 269 g/mol. The molecule has 0 atom stereocenters. The number of nitrogens with zero attached hydrogens (tertiary/aromatic N) is 1. The lowest BCUT2D eigenvalue weighted by Gasteiger charge is -2.07. The quantitative estimate of drug-likeness (QED) is 0.659. The number of aryl methyl sites for hydroxylation is 1. The Morgan fingerprint density at radius 2 is 1.75 bits per heavy atom. The lowest BCUT2D eigenvalue weighted by molar-refractivity contribution is 0.305. The number of rotatable bonds is 7. The van der Waals surface area contributed by atoms with E-state index in [1.807, 2.05) is 25.3 Å². The van der Waals surface area contributed by atoms with E-state index < -0.39 is 0 Å². The zero-order chi connectivity index (χ0) is 14.2. The van der Waals surface area contributed by atoms with Crippen LogP contribution in [0, 0.1) is 6.92 Å². The molecule has 0 bridgehead atoms. The Morgan fingerprint density at radius 1 is 0.950 bits per heavy atom. The lowest BCUT2D eigenvalue weighted by atomic mass is 10.1. The first-order valence-corrected chi connectivity index (χ1v) is 7.45. The topological polar surface area (TPSA) is 22.1 Å². The molecular weight excluding hydrogens is 246 g/mol. The summed E-state index contributed by atoms with van der Waals surface area (Å²) in [5, 5.41) is 0. The molecule has 0 aliphatic heterocycles. The fourth-order valence-corrected chi connectivity index (χ4v) is 2.08. The molecule has 1 aromatic carbocycles. The van der Waals surface area contributed by atoms with Gasteiger partial charge in [0.1, 0.15) is 5.75 Å². The Morgan fingerprint density at radius 3 is 2.40 bits per heavy atom. The molecule has 0 amide bonds. The lowest BCUT2D eigenvalue weighted by Crippen LogP contribution is -1.97. The summed E-state index contributed by atoms with van der Waals surface area (Å²) in [6, 6.07) is 12.3. The summed E-state index contributed by atoms with van der Waals surface area (Å²) < 4.78 is 5.74. The van der Waals surface area contributed by atoms with Crippen molar-refractivity contribution in [2.75, 3.05) is 6.61 Å². The molecular formula is C18H23NO. The van der Waals surface area contributed by atoms with Gasteiger partial charge in [0.2, 0.25) is 0 Å². The summed E-state index contributed by atoms with van der Waals surface area (Å²) in [4.78, 5) is 4.43. The molecule has 0 radical (unpaired) electrons. The first-order chi connectivity index (χ1) is 9.79. The highest BCUT2D eigenvalue weighted by atomic mass is 16.5. The third kappa shape index (κ3) is 4.37. The van der Waals surface area contributed by atoms with E-state index in [9.17, 15) is 0 Å². The van der Waals surface area contributed by atoms with E-state index >= 15 is 0 Å². The molecule has 1 aromatic heterocycles. The van der Waals surface area contributed by atoms with Crippen molar-refractivity contribution in [3.05, 3.63) is 48.2 Å². The number of unbranched alkanes of at least 4 members (excludes halogenated alkanes) is 3. The predicted octanol–water partition coefficient (Wildman–Crippen LogP) is 5.02. The number of hydrogen-bond acceptors (Lipinski definition) is 2. The Kier molecular flexibility index (Phi) is 5.60. The van der Waals surface area contributed by atoms with Crippen LogP contribution in [0.2, 0.25) is 0 Å². The highest BCUT2D eigenvalue weighted by Crippen LogP contribution is 2.21. The first kappa shape index (κ1) is 14.6. The summed E-state index contributed by atoms with van der Waals surface area (Å²) in [6.07, 6.45) is 6.84. The number of aromatic nitrogens is 1. The molecule has 2 nitrogen and oxygen atoms in total. The van der Waals surface area contributed by atoms with Gasteiger partial charge in [-0.25, -0.2) is 0 Å². The second-order valence-electron chi connectivity index (χ2n) is 5.15. The molecule has 2 heteroatoms. The zero-order valence-electron chi connectivity index (χ0n) is 12.4. The van der Waals surface area contributed by atoms with Gasteiger partial charge in [-0.1, -0.05) is 32.3 Å². The molecule has 0 aliphatic rings. The van der Waals surface area contributed by atoms with E-state index in [-0.39, 0.29) is 0 Å². The van der Waals surface area contributed by atoms with Gasteiger partial charge in [-0.05, 0) is 49.2 Å². The minimum Gasteiger partial charge on any atom is -0.494 e. The van der Waals surface area contributed by atoms with Crippen LogP contribution in [0.15, 0.2) is 42.6 Å². The fourth-order valence-electron chi connectivity index (χ4n) is 2.08. The van der Waals surface area contributed by atoms with E-state index in [1.165, 1.54) is 24.8 Å². The molecule has 0 aliphatic carbocycles. The third-order valence-corrected chi connectivity index (χ3v) is 3.33. The van der Waals surface area contributed by atoms with Crippen LogP contribution >= 0.6 is 0 Å². The van der Waals surface area contributed by atoms with Gasteiger partial charge in [-0.15, -0.1) is 0 Å². The van der Waals surface area contributed by atoms with E-state index in [0.29, 0.717) is 0 Å². The highest BCUT2D eigenvalue weighted by molar-refractivity contribution is 5.59. The molecule has 2 rings (SSSR count). The van der Waals surface area contributed by atoms with E-state index in [4.69, 9.17) is 4.74 Å². The van der Waals surface area contributed by atoms with Crippen LogP contribution in [-0.2, 0) is 0 Å². The van der Waals surface area contributed by atoms with Crippen molar-refractivity contribution in [2.24, 2.45) is 0 Å². The summed E-state index contributed by atoms with van der Waals surface area (Å²) >= 11 is 0. The predicted molar refractivity (Wildman–Crippen MR) is 84.0 cm³/mol. The smallest absolute Gasteiger partial charge is 0.119 e. The Labute approximate surface area is 121 Å². The average Bonchev–Trinajstić information content (AvgIpc) is 2.49. The summed E-state index contributed by atoms with van der Waals surface area (Å²) in [5.74, 6) is 0.942. The second-order valence-corrected chi connectivity index (χ2v) is 5.15. The van der Waals surface area contributed by atoms with Crippen LogP contribution in [0.4, 0.5) is 0 Å². The number of ether oxygens (including phenoxy) is 1. The van der Waals surface area contributed by atoms with Crippen molar-refractivity contribution in [3.63, 3.8) is 0 Å². The molecule has 0 spiro atoms. The summed E-state index contributed by atoms with van der Waals surface area (Å²) in [5.41, 5.74) is 3.31. The van der Waals surface area contributed by atoms with Gasteiger partial charge in [0.25, 0.3) is 0 Å². The Balaban J connectivity index is 1.88. The fraction of sp³-hybridized carbons (Fsp3) is 0.389. The van der Waals surface area contributed by atoms with Crippen molar-refractivity contribution in [1.29, 1.82) is 0 Å². The minimum atomic E-state index is 0.808. The van der Waals surface area contributed by atoms with E-state index in [1.54, 1.807) is 0 Å². The van der Waals surface area contributed by atoms with Gasteiger partial charge in [0, 0.05) is 11.8 Å². The maximum absolute atomic E-state index is 5.74. The average molecular weight is 269 g/mol.